The zero-order valence-corrected chi connectivity index (χ0v) is 19.3. The summed E-state index contributed by atoms with van der Waals surface area (Å²) in [5.74, 6) is 0.305. The summed E-state index contributed by atoms with van der Waals surface area (Å²) in [6.45, 7) is 4.35. The van der Waals surface area contributed by atoms with Crippen molar-refractivity contribution in [3.8, 4) is 0 Å². The highest BCUT2D eigenvalue weighted by Crippen LogP contribution is 2.24. The van der Waals surface area contributed by atoms with Crippen LogP contribution in [0.2, 0.25) is 10.0 Å². The molecule has 0 spiro atoms. The van der Waals surface area contributed by atoms with Gasteiger partial charge in [0.2, 0.25) is 5.91 Å². The molecule has 0 radical (unpaired) electrons. The molecule has 3 rings (SSSR count). The maximum absolute atomic E-state index is 12.6. The van der Waals surface area contributed by atoms with Crippen LogP contribution in [-0.2, 0) is 11.3 Å². The minimum atomic E-state index is -0.417. The third-order valence-corrected chi connectivity index (χ3v) is 5.88. The topological polar surface area (TPSA) is 88.9 Å². The van der Waals surface area contributed by atoms with Crippen LogP contribution >= 0.6 is 35.0 Å². The van der Waals surface area contributed by atoms with Crippen LogP contribution in [0.15, 0.2) is 53.7 Å². The predicted octanol–water partition coefficient (Wildman–Crippen LogP) is 4.83. The molecule has 0 aliphatic rings. The molecule has 1 atom stereocenters. The lowest BCUT2D eigenvalue weighted by Gasteiger charge is -2.15. The van der Waals surface area contributed by atoms with E-state index < -0.39 is 6.04 Å². The van der Waals surface area contributed by atoms with Gasteiger partial charge >= 0.3 is 0 Å². The minimum Gasteiger partial charge on any atom is -0.342 e. The number of carbonyl (C=O) groups excluding carboxylic acids is 2. The standard InChI is InChI=1S/C21H21Cl2N5O2S/c1-3-28-19(13(2)24-20(30)16-10-9-14(22)11-17(16)23)26-27-21(28)31-12-18(29)25-15-7-5-4-6-8-15/h4-11,13H,3,12H2,1-2H3,(H,24,30)(H,25,29)/t13-/m1/s1. The molecule has 162 valence electrons. The van der Waals surface area contributed by atoms with E-state index in [0.717, 1.165) is 5.69 Å². The first-order valence-corrected chi connectivity index (χ1v) is 11.3. The summed E-state index contributed by atoms with van der Waals surface area (Å²) < 4.78 is 1.87. The Hall–Kier alpha value is -2.55. The summed E-state index contributed by atoms with van der Waals surface area (Å²) in [5, 5.41) is 15.5. The van der Waals surface area contributed by atoms with E-state index in [4.69, 9.17) is 23.2 Å². The molecule has 7 nitrogen and oxygen atoms in total. The van der Waals surface area contributed by atoms with Crippen LogP contribution in [0.1, 0.15) is 36.1 Å². The number of thioether (sulfide) groups is 1. The first-order valence-electron chi connectivity index (χ1n) is 9.55. The lowest BCUT2D eigenvalue weighted by atomic mass is 10.2. The van der Waals surface area contributed by atoms with E-state index in [1.807, 2.05) is 48.7 Å². The molecule has 31 heavy (non-hydrogen) atoms. The van der Waals surface area contributed by atoms with Crippen LogP contribution < -0.4 is 10.6 Å². The zero-order chi connectivity index (χ0) is 22.4. The van der Waals surface area contributed by atoms with Crippen LogP contribution in [0.3, 0.4) is 0 Å². The van der Waals surface area contributed by atoms with Crippen molar-refractivity contribution in [2.75, 3.05) is 11.1 Å². The molecule has 2 N–H and O–H groups in total. The quantitative estimate of drug-likeness (QED) is 0.453. The number of nitrogens with zero attached hydrogens (tertiary/aromatic N) is 3. The van der Waals surface area contributed by atoms with E-state index in [9.17, 15) is 9.59 Å². The lowest BCUT2D eigenvalue weighted by Crippen LogP contribution is -2.29. The van der Waals surface area contributed by atoms with Crippen molar-refractivity contribution in [1.82, 2.24) is 20.1 Å². The monoisotopic (exact) mass is 477 g/mol. The molecule has 1 aromatic heterocycles. The van der Waals surface area contributed by atoms with Gasteiger partial charge in [0, 0.05) is 17.3 Å². The molecule has 1 heterocycles. The van der Waals surface area contributed by atoms with Gasteiger partial charge in [0.15, 0.2) is 11.0 Å². The van der Waals surface area contributed by atoms with Gasteiger partial charge in [-0.3, -0.25) is 9.59 Å². The number of aromatic nitrogens is 3. The van der Waals surface area contributed by atoms with E-state index in [-0.39, 0.29) is 22.6 Å². The van der Waals surface area contributed by atoms with Crippen LogP contribution in [0, 0.1) is 0 Å². The van der Waals surface area contributed by atoms with E-state index in [1.165, 1.54) is 17.8 Å². The maximum atomic E-state index is 12.6. The van der Waals surface area contributed by atoms with Gasteiger partial charge in [-0.05, 0) is 44.2 Å². The SMILES string of the molecule is CCn1c(SCC(=O)Nc2ccccc2)nnc1[C@@H](C)NC(=O)c1ccc(Cl)cc1Cl. The third-order valence-electron chi connectivity index (χ3n) is 4.36. The van der Waals surface area contributed by atoms with Crippen LogP contribution in [-0.4, -0.2) is 32.3 Å². The van der Waals surface area contributed by atoms with E-state index in [1.54, 1.807) is 12.1 Å². The predicted molar refractivity (Wildman–Crippen MR) is 124 cm³/mol. The first-order chi connectivity index (χ1) is 14.9. The second-order valence-corrected chi connectivity index (χ2v) is 8.39. The smallest absolute Gasteiger partial charge is 0.253 e. The number of nitrogens with one attached hydrogen (secondary N) is 2. The Morgan fingerprint density at radius 2 is 1.87 bits per heavy atom. The molecule has 3 aromatic rings. The van der Waals surface area contributed by atoms with Gasteiger partial charge in [0.05, 0.1) is 22.4 Å². The molecule has 0 saturated carbocycles. The summed E-state index contributed by atoms with van der Waals surface area (Å²) in [5.41, 5.74) is 1.07. The normalized spacial score (nSPS) is 11.7. The fourth-order valence-corrected chi connectivity index (χ4v) is 4.19. The van der Waals surface area contributed by atoms with E-state index >= 15 is 0 Å². The zero-order valence-electron chi connectivity index (χ0n) is 16.9. The molecule has 0 fully saturated rings. The van der Waals surface area contributed by atoms with Gasteiger partial charge < -0.3 is 15.2 Å². The van der Waals surface area contributed by atoms with Crippen molar-refractivity contribution in [3.63, 3.8) is 0 Å². The molecule has 2 aromatic carbocycles. The van der Waals surface area contributed by atoms with Crippen molar-refractivity contribution in [1.29, 1.82) is 0 Å². The van der Waals surface area contributed by atoms with Crippen molar-refractivity contribution in [2.24, 2.45) is 0 Å². The molecule has 0 aliphatic heterocycles. The minimum absolute atomic E-state index is 0.137. The Balaban J connectivity index is 1.64. The van der Waals surface area contributed by atoms with E-state index in [0.29, 0.717) is 28.1 Å². The summed E-state index contributed by atoms with van der Waals surface area (Å²) in [6, 6.07) is 13.5. The number of amides is 2. The van der Waals surface area contributed by atoms with Crippen molar-refractivity contribution in [2.45, 2.75) is 31.6 Å². The van der Waals surface area contributed by atoms with Gasteiger partial charge in [-0.15, -0.1) is 10.2 Å². The molecule has 0 bridgehead atoms. The number of halogens is 2. The van der Waals surface area contributed by atoms with Crippen molar-refractivity contribution in [3.05, 3.63) is 70.0 Å². The van der Waals surface area contributed by atoms with Gasteiger partial charge in [-0.1, -0.05) is 53.2 Å². The van der Waals surface area contributed by atoms with Crippen molar-refractivity contribution < 1.29 is 9.59 Å². The van der Waals surface area contributed by atoms with Gasteiger partial charge in [0.25, 0.3) is 5.91 Å². The third kappa shape index (κ3) is 6.00. The molecule has 0 unspecified atom stereocenters. The number of rotatable bonds is 8. The Kier molecular flexibility index (Phi) is 7.95. The molecule has 0 saturated heterocycles. The number of para-hydroxylation sites is 1. The van der Waals surface area contributed by atoms with E-state index in [2.05, 4.69) is 20.8 Å². The fraction of sp³-hybridized carbons (Fsp3) is 0.238. The molecule has 2 amide bonds. The van der Waals surface area contributed by atoms with Crippen LogP contribution in [0.25, 0.3) is 0 Å². The second-order valence-electron chi connectivity index (χ2n) is 6.61. The summed E-state index contributed by atoms with van der Waals surface area (Å²) >= 11 is 13.3. The highest BCUT2D eigenvalue weighted by atomic mass is 35.5. The van der Waals surface area contributed by atoms with Crippen LogP contribution in [0.4, 0.5) is 5.69 Å². The molecular weight excluding hydrogens is 457 g/mol. The second kappa shape index (κ2) is 10.7. The molecule has 10 heteroatoms. The number of benzene rings is 2. The number of anilines is 1. The maximum Gasteiger partial charge on any atom is 0.253 e. The molecular formula is C21H21Cl2N5O2S. The van der Waals surface area contributed by atoms with Gasteiger partial charge in [-0.2, -0.15) is 0 Å². The fourth-order valence-electron chi connectivity index (χ4n) is 2.89. The summed E-state index contributed by atoms with van der Waals surface area (Å²) in [4.78, 5) is 24.8. The highest BCUT2D eigenvalue weighted by Gasteiger charge is 2.21. The number of hydrogen-bond donors (Lipinski definition) is 2. The number of carbonyl (C=O) groups is 2. The summed E-state index contributed by atoms with van der Waals surface area (Å²) in [6.07, 6.45) is 0. The average Bonchev–Trinajstić information content (AvgIpc) is 3.16. The Morgan fingerprint density at radius 1 is 1.13 bits per heavy atom. The van der Waals surface area contributed by atoms with Gasteiger partial charge in [0.1, 0.15) is 0 Å². The lowest BCUT2D eigenvalue weighted by molar-refractivity contribution is -0.113. The van der Waals surface area contributed by atoms with Gasteiger partial charge in [-0.25, -0.2) is 0 Å². The largest absolute Gasteiger partial charge is 0.342 e. The van der Waals surface area contributed by atoms with Crippen molar-refractivity contribution >= 4 is 52.5 Å². The average molecular weight is 478 g/mol. The Labute approximate surface area is 194 Å². The molecule has 0 aliphatic carbocycles. The first kappa shape index (κ1) is 23.1. The van der Waals surface area contributed by atoms with Crippen LogP contribution in [0.5, 0.6) is 0 Å². The number of hydrogen-bond acceptors (Lipinski definition) is 5. The Morgan fingerprint density at radius 3 is 2.55 bits per heavy atom. The highest BCUT2D eigenvalue weighted by molar-refractivity contribution is 7.99. The Bertz CT molecular complexity index is 1070. The summed E-state index contributed by atoms with van der Waals surface area (Å²) in [7, 11) is 0.